The number of esters is 1. The molecule has 1 rings (SSSR count). The summed E-state index contributed by atoms with van der Waals surface area (Å²) in [5, 5.41) is 6.84. The van der Waals surface area contributed by atoms with Crippen molar-refractivity contribution < 1.29 is 9.53 Å². The van der Waals surface area contributed by atoms with Crippen LogP contribution < -0.4 is 10.6 Å². The Morgan fingerprint density at radius 2 is 1.70 bits per heavy atom. The number of hydrogen-bond donors (Lipinski definition) is 2. The van der Waals surface area contributed by atoms with E-state index in [1.165, 1.54) is 37.7 Å². The van der Waals surface area contributed by atoms with E-state index < -0.39 is 11.1 Å². The van der Waals surface area contributed by atoms with Gasteiger partial charge in [0, 0.05) is 5.69 Å². The van der Waals surface area contributed by atoms with Crippen molar-refractivity contribution in [3.63, 3.8) is 0 Å². The van der Waals surface area contributed by atoms with Crippen LogP contribution in [0.15, 0.2) is 24.3 Å². The monoisotopic (exact) mass is 376 g/mol. The van der Waals surface area contributed by atoms with Crippen LogP contribution in [-0.2, 0) is 16.0 Å². The molecule has 0 saturated carbocycles. The lowest BCUT2D eigenvalue weighted by Crippen LogP contribution is -2.44. The quantitative estimate of drug-likeness (QED) is 0.383. The normalized spacial score (nSPS) is 12.1. The van der Waals surface area contributed by atoms with Crippen LogP contribution in [0.25, 0.3) is 0 Å². The standard InChI is InChI=1S/C23H40N2O2/c1-7-8-9-10-11-16-24-17-15-19-13-12-14-20(18-19)25-23(5,6)21(26)27-22(2,3)4/h12-14,18,24-25H,7-11,15-17H2,1-6H3. The zero-order valence-electron chi connectivity index (χ0n) is 18.3. The van der Waals surface area contributed by atoms with E-state index in [4.69, 9.17) is 4.74 Å². The summed E-state index contributed by atoms with van der Waals surface area (Å²) in [6.07, 6.45) is 7.55. The van der Waals surface area contributed by atoms with Gasteiger partial charge in [0.2, 0.25) is 0 Å². The first kappa shape index (κ1) is 23.5. The predicted molar refractivity (Wildman–Crippen MR) is 115 cm³/mol. The molecule has 0 unspecified atom stereocenters. The van der Waals surface area contributed by atoms with Gasteiger partial charge in [0.25, 0.3) is 0 Å². The van der Waals surface area contributed by atoms with Gasteiger partial charge in [-0.15, -0.1) is 0 Å². The molecule has 0 aliphatic carbocycles. The maximum Gasteiger partial charge on any atom is 0.331 e. The molecule has 0 amide bonds. The summed E-state index contributed by atoms with van der Waals surface area (Å²) in [4.78, 5) is 12.4. The van der Waals surface area contributed by atoms with Gasteiger partial charge in [-0.1, -0.05) is 44.7 Å². The number of unbranched alkanes of at least 4 members (excludes halogenated alkanes) is 4. The van der Waals surface area contributed by atoms with E-state index in [-0.39, 0.29) is 5.97 Å². The van der Waals surface area contributed by atoms with E-state index in [9.17, 15) is 4.79 Å². The number of carbonyl (C=O) groups excluding carboxylic acids is 1. The van der Waals surface area contributed by atoms with Crippen LogP contribution in [0.1, 0.15) is 79.2 Å². The molecule has 0 spiro atoms. The molecular formula is C23H40N2O2. The molecule has 0 radical (unpaired) electrons. The van der Waals surface area contributed by atoms with Gasteiger partial charge in [0.1, 0.15) is 11.1 Å². The number of ether oxygens (including phenoxy) is 1. The largest absolute Gasteiger partial charge is 0.458 e. The molecule has 154 valence electrons. The lowest BCUT2D eigenvalue weighted by molar-refractivity contribution is -0.159. The maximum atomic E-state index is 12.4. The number of anilines is 1. The number of carbonyl (C=O) groups is 1. The number of hydrogen-bond acceptors (Lipinski definition) is 4. The summed E-state index contributed by atoms with van der Waals surface area (Å²) < 4.78 is 5.52. The molecule has 1 aromatic carbocycles. The van der Waals surface area contributed by atoms with E-state index in [0.29, 0.717) is 0 Å². The lowest BCUT2D eigenvalue weighted by atomic mass is 10.0. The molecule has 0 atom stereocenters. The molecule has 0 fully saturated rings. The lowest BCUT2D eigenvalue weighted by Gasteiger charge is -2.30. The molecule has 1 aromatic rings. The van der Waals surface area contributed by atoms with Crippen molar-refractivity contribution in [1.29, 1.82) is 0 Å². The molecule has 4 heteroatoms. The molecule has 2 N–H and O–H groups in total. The molecule has 27 heavy (non-hydrogen) atoms. The van der Waals surface area contributed by atoms with Gasteiger partial charge in [-0.2, -0.15) is 0 Å². The summed E-state index contributed by atoms with van der Waals surface area (Å²) in [7, 11) is 0. The maximum absolute atomic E-state index is 12.4. The first-order valence-electron chi connectivity index (χ1n) is 10.5. The molecule has 0 bridgehead atoms. The molecule has 0 aliphatic rings. The average Bonchev–Trinajstić information content (AvgIpc) is 2.55. The predicted octanol–water partition coefficient (Wildman–Crippen LogP) is 5.32. The van der Waals surface area contributed by atoms with Crippen molar-refractivity contribution in [2.75, 3.05) is 18.4 Å². The van der Waals surface area contributed by atoms with Crippen LogP contribution in [0.3, 0.4) is 0 Å². The van der Waals surface area contributed by atoms with Gasteiger partial charge in [-0.25, -0.2) is 4.79 Å². The van der Waals surface area contributed by atoms with Gasteiger partial charge in [0.05, 0.1) is 0 Å². The highest BCUT2D eigenvalue weighted by Gasteiger charge is 2.32. The minimum absolute atomic E-state index is 0.245. The van der Waals surface area contributed by atoms with Crippen molar-refractivity contribution in [2.24, 2.45) is 0 Å². The fourth-order valence-corrected chi connectivity index (χ4v) is 2.83. The molecule has 0 saturated heterocycles. The molecule has 0 heterocycles. The highest BCUT2D eigenvalue weighted by molar-refractivity contribution is 5.83. The minimum atomic E-state index is -0.775. The third-order valence-corrected chi connectivity index (χ3v) is 4.34. The number of nitrogens with one attached hydrogen (secondary N) is 2. The molecule has 0 aromatic heterocycles. The van der Waals surface area contributed by atoms with Gasteiger partial charge in [0.15, 0.2) is 0 Å². The summed E-state index contributed by atoms with van der Waals surface area (Å²) in [6, 6.07) is 8.29. The first-order chi connectivity index (χ1) is 12.6. The fourth-order valence-electron chi connectivity index (χ4n) is 2.83. The Labute approximate surface area is 166 Å². The summed E-state index contributed by atoms with van der Waals surface area (Å²) in [6.45, 7) is 13.7. The van der Waals surface area contributed by atoms with Crippen LogP contribution in [0.5, 0.6) is 0 Å². The van der Waals surface area contributed by atoms with Crippen LogP contribution in [-0.4, -0.2) is 30.2 Å². The smallest absolute Gasteiger partial charge is 0.331 e. The Hall–Kier alpha value is -1.55. The third-order valence-electron chi connectivity index (χ3n) is 4.34. The second-order valence-electron chi connectivity index (χ2n) is 8.87. The van der Waals surface area contributed by atoms with Gasteiger partial charge >= 0.3 is 5.97 Å². The van der Waals surface area contributed by atoms with E-state index in [0.717, 1.165) is 25.2 Å². The summed E-state index contributed by atoms with van der Waals surface area (Å²) >= 11 is 0. The Bertz CT molecular complexity index is 562. The zero-order chi connectivity index (χ0) is 20.3. The topological polar surface area (TPSA) is 50.4 Å². The molecular weight excluding hydrogens is 336 g/mol. The average molecular weight is 377 g/mol. The second-order valence-corrected chi connectivity index (χ2v) is 8.87. The van der Waals surface area contributed by atoms with Gasteiger partial charge in [-0.05, 0) is 78.2 Å². The van der Waals surface area contributed by atoms with Crippen molar-refractivity contribution in [3.05, 3.63) is 29.8 Å². The van der Waals surface area contributed by atoms with Crippen LogP contribution in [0, 0.1) is 0 Å². The Morgan fingerprint density at radius 1 is 1.00 bits per heavy atom. The number of benzene rings is 1. The fraction of sp³-hybridized carbons (Fsp3) is 0.696. The van der Waals surface area contributed by atoms with Crippen molar-refractivity contribution in [3.8, 4) is 0 Å². The Kier molecular flexibility index (Phi) is 9.86. The third kappa shape index (κ3) is 10.4. The van der Waals surface area contributed by atoms with Gasteiger partial charge in [-0.3, -0.25) is 0 Å². The van der Waals surface area contributed by atoms with Crippen LogP contribution in [0.4, 0.5) is 5.69 Å². The van der Waals surface area contributed by atoms with Crippen LogP contribution >= 0.6 is 0 Å². The van der Waals surface area contributed by atoms with Crippen molar-refractivity contribution >= 4 is 11.7 Å². The van der Waals surface area contributed by atoms with E-state index in [1.807, 2.05) is 46.8 Å². The Balaban J connectivity index is 2.43. The first-order valence-corrected chi connectivity index (χ1v) is 10.5. The van der Waals surface area contributed by atoms with Crippen molar-refractivity contribution in [2.45, 2.75) is 91.2 Å². The Morgan fingerprint density at radius 3 is 2.37 bits per heavy atom. The summed E-state index contributed by atoms with van der Waals surface area (Å²) in [5.41, 5.74) is 0.948. The SMILES string of the molecule is CCCCCCCNCCc1cccc(NC(C)(C)C(=O)OC(C)(C)C)c1. The van der Waals surface area contributed by atoms with Crippen LogP contribution in [0.2, 0.25) is 0 Å². The van der Waals surface area contributed by atoms with Gasteiger partial charge < -0.3 is 15.4 Å². The minimum Gasteiger partial charge on any atom is -0.458 e. The van der Waals surface area contributed by atoms with Crippen molar-refractivity contribution in [1.82, 2.24) is 5.32 Å². The van der Waals surface area contributed by atoms with E-state index in [2.05, 4.69) is 29.7 Å². The summed E-state index contributed by atoms with van der Waals surface area (Å²) in [5.74, 6) is -0.245. The highest BCUT2D eigenvalue weighted by Crippen LogP contribution is 2.20. The second kappa shape index (κ2) is 11.3. The highest BCUT2D eigenvalue weighted by atomic mass is 16.6. The zero-order valence-corrected chi connectivity index (χ0v) is 18.3. The van der Waals surface area contributed by atoms with E-state index in [1.54, 1.807) is 0 Å². The van der Waals surface area contributed by atoms with E-state index >= 15 is 0 Å². The number of rotatable bonds is 12. The molecule has 0 aliphatic heterocycles. The molecule has 4 nitrogen and oxygen atoms in total.